The van der Waals surface area contributed by atoms with Crippen molar-refractivity contribution < 1.29 is 14.3 Å². The minimum atomic E-state index is -1.04. The summed E-state index contributed by atoms with van der Waals surface area (Å²) in [4.78, 5) is 14.3. The van der Waals surface area contributed by atoms with Crippen LogP contribution in [0.15, 0.2) is 10.7 Å². The lowest BCUT2D eigenvalue weighted by Crippen LogP contribution is -1.98. The molecule has 4 nitrogen and oxygen atoms in total. The largest absolute Gasteiger partial charge is 0.476 e. The van der Waals surface area contributed by atoms with E-state index in [2.05, 4.69) is 11.9 Å². The zero-order valence-electron chi connectivity index (χ0n) is 7.78. The Kier molecular flexibility index (Phi) is 3.06. The maximum absolute atomic E-state index is 10.5. The Labute approximate surface area is 76.6 Å². The summed E-state index contributed by atoms with van der Waals surface area (Å²) in [5.74, 6) is -0.337. The van der Waals surface area contributed by atoms with Gasteiger partial charge in [0.05, 0.1) is 0 Å². The second kappa shape index (κ2) is 4.07. The lowest BCUT2D eigenvalue weighted by atomic mass is 10.1. The molecule has 0 fully saturated rings. The van der Waals surface area contributed by atoms with Gasteiger partial charge in [-0.05, 0) is 6.42 Å². The predicted octanol–water partition coefficient (Wildman–Crippen LogP) is 2.28. The average Bonchev–Trinajstić information content (AvgIpc) is 2.52. The first kappa shape index (κ1) is 9.77. The monoisotopic (exact) mass is 183 g/mol. The maximum Gasteiger partial charge on any atom is 0.357 e. The molecule has 1 atom stereocenters. The van der Waals surface area contributed by atoms with Crippen LogP contribution in [-0.4, -0.2) is 16.1 Å². The Morgan fingerprint density at radius 1 is 1.77 bits per heavy atom. The molecule has 4 heteroatoms. The summed E-state index contributed by atoms with van der Waals surface area (Å²) in [6, 6.07) is 0. The van der Waals surface area contributed by atoms with Crippen molar-refractivity contribution in [3.63, 3.8) is 0 Å². The smallest absolute Gasteiger partial charge is 0.357 e. The standard InChI is InChI=1S/C9H13NO3/c1-3-4-6(2)8-10-7(5-13-8)9(11)12/h5-6H,3-4H2,1-2H3,(H,11,12). The Morgan fingerprint density at radius 2 is 2.46 bits per heavy atom. The SMILES string of the molecule is CCCC(C)c1nc(C(=O)O)co1. The number of nitrogens with zero attached hydrogens (tertiary/aromatic N) is 1. The molecule has 0 aromatic carbocycles. The molecular weight excluding hydrogens is 170 g/mol. The van der Waals surface area contributed by atoms with E-state index in [0.717, 1.165) is 12.8 Å². The van der Waals surface area contributed by atoms with Crippen LogP contribution in [0.5, 0.6) is 0 Å². The van der Waals surface area contributed by atoms with Crippen LogP contribution in [0.1, 0.15) is 49.0 Å². The summed E-state index contributed by atoms with van der Waals surface area (Å²) in [5, 5.41) is 8.59. The Morgan fingerprint density at radius 3 is 2.92 bits per heavy atom. The fourth-order valence-electron chi connectivity index (χ4n) is 1.17. The highest BCUT2D eigenvalue weighted by molar-refractivity contribution is 5.84. The van der Waals surface area contributed by atoms with Crippen LogP contribution in [0, 0.1) is 0 Å². The third-order valence-electron chi connectivity index (χ3n) is 1.88. The maximum atomic E-state index is 10.5. The van der Waals surface area contributed by atoms with E-state index in [4.69, 9.17) is 9.52 Å². The summed E-state index contributed by atoms with van der Waals surface area (Å²) in [5.41, 5.74) is -0.0158. The quantitative estimate of drug-likeness (QED) is 0.777. The minimum absolute atomic E-state index is 0.0158. The highest BCUT2D eigenvalue weighted by atomic mass is 16.4. The number of hydrogen-bond acceptors (Lipinski definition) is 3. The second-order valence-corrected chi connectivity index (χ2v) is 3.07. The third kappa shape index (κ3) is 2.31. The van der Waals surface area contributed by atoms with Crippen molar-refractivity contribution in [3.05, 3.63) is 17.8 Å². The molecular formula is C9H13NO3. The first-order valence-electron chi connectivity index (χ1n) is 4.33. The van der Waals surface area contributed by atoms with E-state index in [9.17, 15) is 4.79 Å². The summed E-state index contributed by atoms with van der Waals surface area (Å²) in [7, 11) is 0. The topological polar surface area (TPSA) is 63.3 Å². The molecule has 1 unspecified atom stereocenters. The van der Waals surface area contributed by atoms with Gasteiger partial charge in [0.25, 0.3) is 0 Å². The number of aromatic nitrogens is 1. The van der Waals surface area contributed by atoms with E-state index < -0.39 is 5.97 Å². The van der Waals surface area contributed by atoms with E-state index in [0.29, 0.717) is 5.89 Å². The van der Waals surface area contributed by atoms with Crippen molar-refractivity contribution in [1.82, 2.24) is 4.98 Å². The molecule has 0 amide bonds. The van der Waals surface area contributed by atoms with Gasteiger partial charge in [-0.2, -0.15) is 0 Å². The highest BCUT2D eigenvalue weighted by Crippen LogP contribution is 2.19. The van der Waals surface area contributed by atoms with Gasteiger partial charge >= 0.3 is 5.97 Å². The van der Waals surface area contributed by atoms with Crippen LogP contribution in [0.2, 0.25) is 0 Å². The Balaban J connectivity index is 2.73. The van der Waals surface area contributed by atoms with Gasteiger partial charge < -0.3 is 9.52 Å². The molecule has 0 radical (unpaired) electrons. The minimum Gasteiger partial charge on any atom is -0.476 e. The van der Waals surface area contributed by atoms with Crippen molar-refractivity contribution in [2.75, 3.05) is 0 Å². The Hall–Kier alpha value is -1.32. The summed E-state index contributed by atoms with van der Waals surface area (Å²) < 4.78 is 5.05. The average molecular weight is 183 g/mol. The number of oxazole rings is 1. The van der Waals surface area contributed by atoms with Gasteiger partial charge in [-0.3, -0.25) is 0 Å². The van der Waals surface area contributed by atoms with Crippen LogP contribution in [0.25, 0.3) is 0 Å². The fourth-order valence-corrected chi connectivity index (χ4v) is 1.17. The van der Waals surface area contributed by atoms with Gasteiger partial charge in [-0.1, -0.05) is 20.3 Å². The fraction of sp³-hybridized carbons (Fsp3) is 0.556. The van der Waals surface area contributed by atoms with Crippen LogP contribution in [-0.2, 0) is 0 Å². The molecule has 0 aliphatic rings. The van der Waals surface area contributed by atoms with Crippen molar-refractivity contribution in [3.8, 4) is 0 Å². The molecule has 0 spiro atoms. The lowest BCUT2D eigenvalue weighted by Gasteiger charge is -2.02. The van der Waals surface area contributed by atoms with Crippen molar-refractivity contribution in [1.29, 1.82) is 0 Å². The molecule has 0 bridgehead atoms. The number of carboxylic acids is 1. The van der Waals surface area contributed by atoms with Crippen LogP contribution < -0.4 is 0 Å². The summed E-state index contributed by atoms with van der Waals surface area (Å²) in [6.07, 6.45) is 3.18. The number of carboxylic acid groups (broad SMARTS) is 1. The molecule has 0 saturated carbocycles. The normalized spacial score (nSPS) is 12.8. The summed E-state index contributed by atoms with van der Waals surface area (Å²) in [6.45, 7) is 4.04. The van der Waals surface area contributed by atoms with E-state index in [-0.39, 0.29) is 11.6 Å². The van der Waals surface area contributed by atoms with Gasteiger partial charge in [-0.15, -0.1) is 0 Å². The highest BCUT2D eigenvalue weighted by Gasteiger charge is 2.14. The van der Waals surface area contributed by atoms with E-state index in [1.54, 1.807) is 0 Å². The predicted molar refractivity (Wildman–Crippen MR) is 46.8 cm³/mol. The third-order valence-corrected chi connectivity index (χ3v) is 1.88. The molecule has 1 rings (SSSR count). The van der Waals surface area contributed by atoms with E-state index in [1.165, 1.54) is 6.26 Å². The van der Waals surface area contributed by atoms with Gasteiger partial charge in [0.1, 0.15) is 6.26 Å². The van der Waals surface area contributed by atoms with Gasteiger partial charge in [0, 0.05) is 5.92 Å². The van der Waals surface area contributed by atoms with E-state index in [1.807, 2.05) is 6.92 Å². The molecule has 0 aliphatic heterocycles. The van der Waals surface area contributed by atoms with Crippen molar-refractivity contribution in [2.24, 2.45) is 0 Å². The van der Waals surface area contributed by atoms with Crippen LogP contribution in [0.3, 0.4) is 0 Å². The molecule has 0 saturated heterocycles. The summed E-state index contributed by atoms with van der Waals surface area (Å²) >= 11 is 0. The number of aromatic carboxylic acids is 1. The first-order chi connectivity index (χ1) is 6.15. The van der Waals surface area contributed by atoms with Crippen molar-refractivity contribution >= 4 is 5.97 Å². The number of hydrogen-bond donors (Lipinski definition) is 1. The molecule has 1 aromatic rings. The van der Waals surface area contributed by atoms with Gasteiger partial charge in [-0.25, -0.2) is 9.78 Å². The van der Waals surface area contributed by atoms with Crippen LogP contribution in [0.4, 0.5) is 0 Å². The Bertz CT molecular complexity index is 293. The number of carbonyl (C=O) groups is 1. The zero-order chi connectivity index (χ0) is 9.84. The second-order valence-electron chi connectivity index (χ2n) is 3.07. The van der Waals surface area contributed by atoms with Gasteiger partial charge in [0.2, 0.25) is 0 Å². The molecule has 1 heterocycles. The molecule has 13 heavy (non-hydrogen) atoms. The number of rotatable bonds is 4. The van der Waals surface area contributed by atoms with Crippen LogP contribution >= 0.6 is 0 Å². The van der Waals surface area contributed by atoms with Crippen molar-refractivity contribution in [2.45, 2.75) is 32.6 Å². The molecule has 1 aromatic heterocycles. The lowest BCUT2D eigenvalue weighted by molar-refractivity contribution is 0.0690. The zero-order valence-corrected chi connectivity index (χ0v) is 7.78. The first-order valence-corrected chi connectivity index (χ1v) is 4.33. The van der Waals surface area contributed by atoms with Gasteiger partial charge in [0.15, 0.2) is 11.6 Å². The van der Waals surface area contributed by atoms with E-state index >= 15 is 0 Å². The molecule has 0 aliphatic carbocycles. The molecule has 1 N–H and O–H groups in total. The molecule has 72 valence electrons.